The lowest BCUT2D eigenvalue weighted by atomic mass is 9.45. The van der Waals surface area contributed by atoms with Crippen LogP contribution in [0, 0.1) is 22.7 Å². The lowest BCUT2D eigenvalue weighted by Crippen LogP contribution is -2.58. The van der Waals surface area contributed by atoms with Gasteiger partial charge in [0.2, 0.25) is 0 Å². The first-order valence-electron chi connectivity index (χ1n) is 9.51. The van der Waals surface area contributed by atoms with Gasteiger partial charge in [-0.25, -0.2) is 0 Å². The Balaban J connectivity index is 2.29. The third kappa shape index (κ3) is 3.54. The molecular formula is C21H38O2. The van der Waals surface area contributed by atoms with Gasteiger partial charge in [0.15, 0.2) is 0 Å². The molecule has 0 aromatic rings. The monoisotopic (exact) mass is 322 g/mol. The number of aliphatic hydroxyl groups excluding tert-OH is 1. The SMILES string of the molecule is CO[C@]1(C)CCC2C(C)(C)CCC[C@]2(C)[C@H]1CC/C(C)=C/CO. The molecule has 2 rings (SSSR count). The summed E-state index contributed by atoms with van der Waals surface area (Å²) in [6.07, 6.45) is 10.7. The van der Waals surface area contributed by atoms with E-state index in [1.807, 2.05) is 13.2 Å². The number of allylic oxidation sites excluding steroid dienone is 1. The van der Waals surface area contributed by atoms with E-state index >= 15 is 0 Å². The van der Waals surface area contributed by atoms with Crippen molar-refractivity contribution in [1.82, 2.24) is 0 Å². The second-order valence-corrected chi connectivity index (χ2v) is 9.28. The maximum atomic E-state index is 9.13. The second kappa shape index (κ2) is 6.88. The zero-order valence-electron chi connectivity index (χ0n) is 16.2. The molecule has 2 saturated carbocycles. The van der Waals surface area contributed by atoms with Gasteiger partial charge in [-0.3, -0.25) is 0 Å². The average Bonchev–Trinajstić information content (AvgIpc) is 2.45. The third-order valence-corrected chi connectivity index (χ3v) is 7.47. The molecule has 2 fully saturated rings. The number of hydrogen-bond acceptors (Lipinski definition) is 2. The Hall–Kier alpha value is -0.340. The summed E-state index contributed by atoms with van der Waals surface area (Å²) in [5.41, 5.74) is 2.14. The van der Waals surface area contributed by atoms with Crippen molar-refractivity contribution in [3.8, 4) is 0 Å². The third-order valence-electron chi connectivity index (χ3n) is 7.47. The molecule has 0 aromatic carbocycles. The maximum Gasteiger partial charge on any atom is 0.0684 e. The molecule has 1 N–H and O–H groups in total. The number of ether oxygens (including phenoxy) is 1. The molecule has 0 heterocycles. The summed E-state index contributed by atoms with van der Waals surface area (Å²) >= 11 is 0. The van der Waals surface area contributed by atoms with E-state index in [4.69, 9.17) is 9.84 Å². The topological polar surface area (TPSA) is 29.5 Å². The highest BCUT2D eigenvalue weighted by Crippen LogP contribution is 2.63. The minimum atomic E-state index is -0.00182. The maximum absolute atomic E-state index is 9.13. The summed E-state index contributed by atoms with van der Waals surface area (Å²) < 4.78 is 6.10. The molecule has 2 aliphatic carbocycles. The number of rotatable bonds is 5. The molecule has 0 aliphatic heterocycles. The van der Waals surface area contributed by atoms with Crippen molar-refractivity contribution in [2.24, 2.45) is 22.7 Å². The minimum Gasteiger partial charge on any atom is -0.392 e. The van der Waals surface area contributed by atoms with Crippen LogP contribution in [0.1, 0.15) is 79.6 Å². The highest BCUT2D eigenvalue weighted by molar-refractivity contribution is 5.09. The van der Waals surface area contributed by atoms with Crippen LogP contribution in [-0.2, 0) is 4.74 Å². The van der Waals surface area contributed by atoms with Crippen LogP contribution in [0.5, 0.6) is 0 Å². The molecule has 0 amide bonds. The fourth-order valence-corrected chi connectivity index (χ4v) is 6.12. The molecule has 4 atom stereocenters. The Labute approximate surface area is 143 Å². The van der Waals surface area contributed by atoms with Gasteiger partial charge in [0.1, 0.15) is 0 Å². The Morgan fingerprint density at radius 3 is 2.48 bits per heavy atom. The number of hydrogen-bond donors (Lipinski definition) is 1. The zero-order valence-corrected chi connectivity index (χ0v) is 16.2. The van der Waals surface area contributed by atoms with E-state index < -0.39 is 0 Å². The van der Waals surface area contributed by atoms with Crippen molar-refractivity contribution in [1.29, 1.82) is 0 Å². The molecular weight excluding hydrogens is 284 g/mol. The van der Waals surface area contributed by atoms with Crippen LogP contribution >= 0.6 is 0 Å². The Bertz CT molecular complexity index is 439. The molecule has 2 aliphatic rings. The summed E-state index contributed by atoms with van der Waals surface area (Å²) in [7, 11) is 1.90. The Kier molecular flexibility index (Phi) is 5.68. The Morgan fingerprint density at radius 2 is 1.87 bits per heavy atom. The van der Waals surface area contributed by atoms with Crippen molar-refractivity contribution in [2.45, 2.75) is 85.2 Å². The minimum absolute atomic E-state index is 0.00182. The van der Waals surface area contributed by atoms with Gasteiger partial charge in [-0.2, -0.15) is 0 Å². The Morgan fingerprint density at radius 1 is 1.17 bits per heavy atom. The highest BCUT2D eigenvalue weighted by Gasteiger charge is 2.58. The molecule has 2 heteroatoms. The van der Waals surface area contributed by atoms with Crippen LogP contribution in [0.25, 0.3) is 0 Å². The van der Waals surface area contributed by atoms with Crippen molar-refractivity contribution < 1.29 is 9.84 Å². The zero-order chi connectivity index (χ0) is 17.3. The van der Waals surface area contributed by atoms with Gasteiger partial charge >= 0.3 is 0 Å². The molecule has 0 saturated heterocycles. The molecule has 0 spiro atoms. The fourth-order valence-electron chi connectivity index (χ4n) is 6.12. The van der Waals surface area contributed by atoms with Gasteiger partial charge in [-0.05, 0) is 75.0 Å². The van der Waals surface area contributed by atoms with Crippen LogP contribution in [0.2, 0.25) is 0 Å². The molecule has 0 aromatic heterocycles. The summed E-state index contributed by atoms with van der Waals surface area (Å²) in [5.74, 6) is 1.40. The highest BCUT2D eigenvalue weighted by atomic mass is 16.5. The van der Waals surface area contributed by atoms with Gasteiger partial charge in [0, 0.05) is 7.11 Å². The van der Waals surface area contributed by atoms with Crippen molar-refractivity contribution in [3.05, 3.63) is 11.6 Å². The predicted octanol–water partition coefficient (Wildman–Crippen LogP) is 5.35. The quantitative estimate of drug-likeness (QED) is 0.691. The van der Waals surface area contributed by atoms with Crippen LogP contribution in [0.15, 0.2) is 11.6 Å². The summed E-state index contributed by atoms with van der Waals surface area (Å²) in [5, 5.41) is 9.13. The number of methoxy groups -OCH3 is 1. The number of fused-ring (bicyclic) bond motifs is 1. The first-order valence-corrected chi connectivity index (χ1v) is 9.51. The van der Waals surface area contributed by atoms with E-state index in [1.165, 1.54) is 44.1 Å². The molecule has 134 valence electrons. The van der Waals surface area contributed by atoms with Crippen molar-refractivity contribution in [2.75, 3.05) is 13.7 Å². The largest absolute Gasteiger partial charge is 0.392 e. The van der Waals surface area contributed by atoms with E-state index in [1.54, 1.807) is 0 Å². The van der Waals surface area contributed by atoms with Crippen LogP contribution in [0.3, 0.4) is 0 Å². The fraction of sp³-hybridized carbons (Fsp3) is 0.905. The normalized spacial score (nSPS) is 40.7. The van der Waals surface area contributed by atoms with Gasteiger partial charge in [-0.15, -0.1) is 0 Å². The van der Waals surface area contributed by atoms with Crippen LogP contribution < -0.4 is 0 Å². The standard InChI is InChI=1S/C21H38O2/c1-16(11-15-22)8-9-18-20(4)13-7-12-19(2,3)17(20)10-14-21(18,5)23-6/h11,17-18,22H,7-10,12-15H2,1-6H3/b16-11+/t17?,18-,20+,21-/m1/s1. The predicted molar refractivity (Wildman–Crippen MR) is 97.4 cm³/mol. The first-order chi connectivity index (χ1) is 10.7. The molecule has 1 unspecified atom stereocenters. The summed E-state index contributed by atoms with van der Waals surface area (Å²) in [6.45, 7) is 12.2. The van der Waals surface area contributed by atoms with E-state index in [-0.39, 0.29) is 12.2 Å². The van der Waals surface area contributed by atoms with Gasteiger partial charge in [0.05, 0.1) is 12.2 Å². The summed E-state index contributed by atoms with van der Waals surface area (Å²) in [6, 6.07) is 0. The van der Waals surface area contributed by atoms with E-state index in [0.29, 0.717) is 16.7 Å². The summed E-state index contributed by atoms with van der Waals surface area (Å²) in [4.78, 5) is 0. The number of aliphatic hydroxyl groups is 1. The van der Waals surface area contributed by atoms with Crippen molar-refractivity contribution >= 4 is 0 Å². The molecule has 0 radical (unpaired) electrons. The average molecular weight is 323 g/mol. The molecule has 2 nitrogen and oxygen atoms in total. The van der Waals surface area contributed by atoms with Gasteiger partial charge < -0.3 is 9.84 Å². The van der Waals surface area contributed by atoms with Gasteiger partial charge in [-0.1, -0.05) is 38.8 Å². The van der Waals surface area contributed by atoms with E-state index in [0.717, 1.165) is 12.3 Å². The van der Waals surface area contributed by atoms with Crippen molar-refractivity contribution in [3.63, 3.8) is 0 Å². The van der Waals surface area contributed by atoms with Crippen LogP contribution in [0.4, 0.5) is 0 Å². The first kappa shape index (κ1) is 19.0. The second-order valence-electron chi connectivity index (χ2n) is 9.28. The van der Waals surface area contributed by atoms with Crippen LogP contribution in [-0.4, -0.2) is 24.4 Å². The lowest BCUT2D eigenvalue weighted by Gasteiger charge is -2.62. The smallest absolute Gasteiger partial charge is 0.0684 e. The van der Waals surface area contributed by atoms with Gasteiger partial charge in [0.25, 0.3) is 0 Å². The van der Waals surface area contributed by atoms with E-state index in [9.17, 15) is 0 Å². The van der Waals surface area contributed by atoms with E-state index in [2.05, 4.69) is 34.6 Å². The molecule has 0 bridgehead atoms. The lowest BCUT2D eigenvalue weighted by molar-refractivity contribution is -0.181. The molecule has 23 heavy (non-hydrogen) atoms.